The fraction of sp³-hybridized carbons (Fsp3) is 0.318. The maximum atomic E-state index is 12.1. The summed E-state index contributed by atoms with van der Waals surface area (Å²) in [6.07, 6.45) is 0.969. The summed E-state index contributed by atoms with van der Waals surface area (Å²) in [7, 11) is 0. The van der Waals surface area contributed by atoms with Crippen molar-refractivity contribution in [2.45, 2.75) is 38.9 Å². The molecule has 0 aliphatic rings. The Kier molecular flexibility index (Phi) is 6.93. The van der Waals surface area contributed by atoms with Crippen molar-refractivity contribution in [1.29, 1.82) is 0 Å². The maximum Gasteiger partial charge on any atom is 0.316 e. The number of esters is 1. The summed E-state index contributed by atoms with van der Waals surface area (Å²) in [6.45, 7) is 6.54. The molecule has 0 aliphatic heterocycles. The first-order valence-electron chi connectivity index (χ1n) is 9.58. The number of imidazole rings is 1. The summed E-state index contributed by atoms with van der Waals surface area (Å²) in [5, 5.41) is 3.55. The van der Waals surface area contributed by atoms with Crippen LogP contribution in [0.3, 0.4) is 0 Å². The number of aryl methyl sites for hydroxylation is 3. The fourth-order valence-electron chi connectivity index (χ4n) is 3.05. The highest BCUT2D eigenvalue weighted by atomic mass is 32.2. The van der Waals surface area contributed by atoms with E-state index >= 15 is 0 Å². The maximum absolute atomic E-state index is 12.1. The van der Waals surface area contributed by atoms with Crippen molar-refractivity contribution in [2.75, 3.05) is 17.7 Å². The highest BCUT2D eigenvalue weighted by Crippen LogP contribution is 2.24. The predicted octanol–water partition coefficient (Wildman–Crippen LogP) is 4.34. The molecule has 1 aromatic heterocycles. The van der Waals surface area contributed by atoms with Crippen molar-refractivity contribution in [3.8, 4) is 0 Å². The van der Waals surface area contributed by atoms with Gasteiger partial charge in [0, 0.05) is 12.2 Å². The molecule has 0 unspecified atom stereocenters. The van der Waals surface area contributed by atoms with Gasteiger partial charge < -0.3 is 14.6 Å². The number of aromatic nitrogens is 2. The van der Waals surface area contributed by atoms with E-state index < -0.39 is 5.97 Å². The van der Waals surface area contributed by atoms with Gasteiger partial charge in [-0.25, -0.2) is 4.98 Å². The SMILES string of the molecule is CCCn1c(SCC(=O)OCC(=O)Nc2ccc(C)cc2C)nc2ccccc21. The Morgan fingerprint density at radius 2 is 1.97 bits per heavy atom. The van der Waals surface area contributed by atoms with Crippen LogP contribution in [0.1, 0.15) is 24.5 Å². The third kappa shape index (κ3) is 5.38. The fourth-order valence-corrected chi connectivity index (χ4v) is 3.89. The van der Waals surface area contributed by atoms with E-state index in [-0.39, 0.29) is 18.3 Å². The predicted molar refractivity (Wildman–Crippen MR) is 116 cm³/mol. The topological polar surface area (TPSA) is 73.2 Å². The second-order valence-corrected chi connectivity index (χ2v) is 7.79. The molecule has 0 bridgehead atoms. The Labute approximate surface area is 174 Å². The number of para-hydroxylation sites is 2. The van der Waals surface area contributed by atoms with Crippen molar-refractivity contribution >= 4 is 40.4 Å². The van der Waals surface area contributed by atoms with Crippen molar-refractivity contribution < 1.29 is 14.3 Å². The molecule has 0 aliphatic carbocycles. The molecule has 3 aromatic rings. The van der Waals surface area contributed by atoms with Gasteiger partial charge in [-0.15, -0.1) is 0 Å². The van der Waals surface area contributed by atoms with Gasteiger partial charge in [0.05, 0.1) is 16.8 Å². The Bertz CT molecular complexity index is 1030. The van der Waals surface area contributed by atoms with Crippen molar-refractivity contribution in [1.82, 2.24) is 9.55 Å². The summed E-state index contributed by atoms with van der Waals surface area (Å²) in [6, 6.07) is 13.7. The molecule has 1 N–H and O–H groups in total. The van der Waals surface area contributed by atoms with Crippen LogP contribution in [0, 0.1) is 13.8 Å². The van der Waals surface area contributed by atoms with Crippen molar-refractivity contribution in [2.24, 2.45) is 0 Å². The number of carbonyl (C=O) groups excluding carboxylic acids is 2. The van der Waals surface area contributed by atoms with E-state index in [0.29, 0.717) is 0 Å². The van der Waals surface area contributed by atoms with Gasteiger partial charge in [-0.1, -0.05) is 48.5 Å². The molecule has 0 spiro atoms. The van der Waals surface area contributed by atoms with Crippen LogP contribution in [0.25, 0.3) is 11.0 Å². The monoisotopic (exact) mass is 411 g/mol. The van der Waals surface area contributed by atoms with Gasteiger partial charge in [-0.2, -0.15) is 0 Å². The number of anilines is 1. The number of fused-ring (bicyclic) bond motifs is 1. The summed E-state index contributed by atoms with van der Waals surface area (Å²) in [5.41, 5.74) is 4.77. The second kappa shape index (κ2) is 9.60. The third-order valence-electron chi connectivity index (χ3n) is 4.41. The number of rotatable bonds is 8. The molecule has 29 heavy (non-hydrogen) atoms. The first kappa shape index (κ1) is 20.9. The van der Waals surface area contributed by atoms with E-state index in [1.54, 1.807) is 0 Å². The molecular weight excluding hydrogens is 386 g/mol. The number of nitrogens with zero attached hydrogens (tertiary/aromatic N) is 2. The zero-order valence-corrected chi connectivity index (χ0v) is 17.7. The van der Waals surface area contributed by atoms with Crippen LogP contribution in [0.4, 0.5) is 5.69 Å². The molecule has 1 amide bonds. The molecule has 2 aromatic carbocycles. The van der Waals surface area contributed by atoms with Gasteiger partial charge in [0.15, 0.2) is 11.8 Å². The largest absolute Gasteiger partial charge is 0.455 e. The van der Waals surface area contributed by atoms with Crippen LogP contribution in [-0.2, 0) is 20.9 Å². The Hall–Kier alpha value is -2.80. The second-order valence-electron chi connectivity index (χ2n) is 6.85. The molecule has 6 nitrogen and oxygen atoms in total. The van der Waals surface area contributed by atoms with Gasteiger partial charge in [0.25, 0.3) is 5.91 Å². The summed E-state index contributed by atoms with van der Waals surface area (Å²) >= 11 is 1.33. The zero-order chi connectivity index (χ0) is 20.8. The van der Waals surface area contributed by atoms with Crippen LogP contribution >= 0.6 is 11.8 Å². The highest BCUT2D eigenvalue weighted by Gasteiger charge is 2.14. The van der Waals surface area contributed by atoms with E-state index in [1.807, 2.05) is 56.3 Å². The molecular formula is C22H25N3O3S. The van der Waals surface area contributed by atoms with Gasteiger partial charge in [0.1, 0.15) is 0 Å². The number of nitrogens with one attached hydrogen (secondary N) is 1. The minimum absolute atomic E-state index is 0.101. The molecule has 0 radical (unpaired) electrons. The average molecular weight is 412 g/mol. The molecule has 152 valence electrons. The first-order chi connectivity index (χ1) is 14.0. The number of benzene rings is 2. The van der Waals surface area contributed by atoms with Crippen molar-refractivity contribution in [3.63, 3.8) is 0 Å². The lowest BCUT2D eigenvalue weighted by Gasteiger charge is -2.10. The Balaban J connectivity index is 1.53. The molecule has 0 fully saturated rings. The van der Waals surface area contributed by atoms with Crippen molar-refractivity contribution in [3.05, 3.63) is 53.6 Å². The van der Waals surface area contributed by atoms with Crippen LogP contribution < -0.4 is 5.32 Å². The van der Waals surface area contributed by atoms with Gasteiger partial charge >= 0.3 is 5.97 Å². The lowest BCUT2D eigenvalue weighted by molar-refractivity contribution is -0.144. The van der Waals surface area contributed by atoms with E-state index in [1.165, 1.54) is 11.8 Å². The van der Waals surface area contributed by atoms with E-state index in [0.717, 1.165) is 46.0 Å². The average Bonchev–Trinajstić information content (AvgIpc) is 3.05. The molecule has 0 atom stereocenters. The number of carbonyl (C=O) groups is 2. The Morgan fingerprint density at radius 1 is 1.17 bits per heavy atom. The lowest BCUT2D eigenvalue weighted by atomic mass is 10.1. The third-order valence-corrected chi connectivity index (χ3v) is 5.36. The zero-order valence-electron chi connectivity index (χ0n) is 16.9. The van der Waals surface area contributed by atoms with Crippen LogP contribution in [0.15, 0.2) is 47.6 Å². The molecule has 0 saturated heterocycles. The van der Waals surface area contributed by atoms with Gasteiger partial charge in [-0.05, 0) is 44.0 Å². The molecule has 1 heterocycles. The summed E-state index contributed by atoms with van der Waals surface area (Å²) in [4.78, 5) is 28.8. The van der Waals surface area contributed by atoms with E-state index in [4.69, 9.17) is 4.74 Å². The summed E-state index contributed by atoms with van der Waals surface area (Å²) in [5.74, 6) is -0.696. The van der Waals surface area contributed by atoms with Gasteiger partial charge in [0.2, 0.25) is 0 Å². The summed E-state index contributed by atoms with van der Waals surface area (Å²) < 4.78 is 7.24. The Morgan fingerprint density at radius 3 is 2.72 bits per heavy atom. The number of amides is 1. The smallest absolute Gasteiger partial charge is 0.316 e. The number of hydrogen-bond acceptors (Lipinski definition) is 5. The van der Waals surface area contributed by atoms with Crippen LogP contribution in [0.5, 0.6) is 0 Å². The van der Waals surface area contributed by atoms with Gasteiger partial charge in [-0.3, -0.25) is 9.59 Å². The number of hydrogen-bond donors (Lipinski definition) is 1. The van der Waals surface area contributed by atoms with E-state index in [2.05, 4.69) is 21.8 Å². The molecule has 0 saturated carbocycles. The minimum atomic E-state index is -0.444. The number of thioether (sulfide) groups is 1. The molecule has 3 rings (SSSR count). The minimum Gasteiger partial charge on any atom is -0.455 e. The van der Waals surface area contributed by atoms with Crippen LogP contribution in [0.2, 0.25) is 0 Å². The van der Waals surface area contributed by atoms with Crippen LogP contribution in [-0.4, -0.2) is 33.8 Å². The quantitative estimate of drug-likeness (QED) is 0.441. The molecule has 7 heteroatoms. The normalized spacial score (nSPS) is 10.9. The first-order valence-corrected chi connectivity index (χ1v) is 10.6. The number of ether oxygens (including phenoxy) is 1. The van der Waals surface area contributed by atoms with E-state index in [9.17, 15) is 9.59 Å². The highest BCUT2D eigenvalue weighted by molar-refractivity contribution is 7.99. The standard InChI is InChI=1S/C22H25N3O3S/c1-4-11-25-19-8-6-5-7-18(19)24-22(25)29-14-21(27)28-13-20(26)23-17-10-9-15(2)12-16(17)3/h5-10,12H,4,11,13-14H2,1-3H3,(H,23,26). The lowest BCUT2D eigenvalue weighted by Crippen LogP contribution is -2.22.